The van der Waals surface area contributed by atoms with Crippen LogP contribution in [0.15, 0.2) is 24.4 Å². The van der Waals surface area contributed by atoms with Gasteiger partial charge in [-0.25, -0.2) is 0 Å². The average molecular weight is 260 g/mol. The number of ether oxygens (including phenoxy) is 1. The van der Waals surface area contributed by atoms with Gasteiger partial charge in [0, 0.05) is 38.4 Å². The molecule has 0 saturated carbocycles. The standard InChI is InChI=1S/C14H20N4O/c1-2-9-18-13(5-1)16-17-14(18)6-8-15-12-4-3-10-19-11-7-12/h1-2,5,9,12,15H,3-4,6-8,10-11H2. The quantitative estimate of drug-likeness (QED) is 0.903. The first-order valence-corrected chi connectivity index (χ1v) is 7.03. The van der Waals surface area contributed by atoms with Crippen molar-refractivity contribution in [2.75, 3.05) is 19.8 Å². The first kappa shape index (κ1) is 12.6. The van der Waals surface area contributed by atoms with Crippen molar-refractivity contribution in [1.29, 1.82) is 0 Å². The van der Waals surface area contributed by atoms with Gasteiger partial charge in [-0.15, -0.1) is 10.2 Å². The van der Waals surface area contributed by atoms with Crippen LogP contribution in [-0.2, 0) is 11.2 Å². The molecule has 0 amide bonds. The zero-order valence-corrected chi connectivity index (χ0v) is 11.1. The molecule has 0 bridgehead atoms. The van der Waals surface area contributed by atoms with Crippen LogP contribution in [0.25, 0.3) is 5.65 Å². The maximum atomic E-state index is 5.47. The number of pyridine rings is 1. The van der Waals surface area contributed by atoms with Gasteiger partial charge in [-0.1, -0.05) is 6.07 Å². The van der Waals surface area contributed by atoms with Crippen LogP contribution in [0.3, 0.4) is 0 Å². The van der Waals surface area contributed by atoms with E-state index in [1.165, 1.54) is 6.42 Å². The monoisotopic (exact) mass is 260 g/mol. The molecule has 2 aromatic heterocycles. The SMILES string of the molecule is c1ccn2c(CCNC3CCCOCC3)nnc2c1. The van der Waals surface area contributed by atoms with E-state index in [0.29, 0.717) is 6.04 Å². The Morgan fingerprint density at radius 2 is 2.26 bits per heavy atom. The first-order valence-electron chi connectivity index (χ1n) is 7.03. The van der Waals surface area contributed by atoms with E-state index in [-0.39, 0.29) is 0 Å². The molecule has 1 unspecified atom stereocenters. The van der Waals surface area contributed by atoms with E-state index < -0.39 is 0 Å². The van der Waals surface area contributed by atoms with E-state index in [0.717, 1.165) is 50.5 Å². The molecule has 1 fully saturated rings. The van der Waals surface area contributed by atoms with Crippen LogP contribution in [0.4, 0.5) is 0 Å². The van der Waals surface area contributed by atoms with Crippen LogP contribution in [0, 0.1) is 0 Å². The lowest BCUT2D eigenvalue weighted by Gasteiger charge is -2.14. The summed E-state index contributed by atoms with van der Waals surface area (Å²) in [6.45, 7) is 2.73. The minimum Gasteiger partial charge on any atom is -0.381 e. The summed E-state index contributed by atoms with van der Waals surface area (Å²) in [6, 6.07) is 6.56. The van der Waals surface area contributed by atoms with E-state index >= 15 is 0 Å². The second-order valence-electron chi connectivity index (χ2n) is 4.99. The highest BCUT2D eigenvalue weighted by atomic mass is 16.5. The van der Waals surface area contributed by atoms with Gasteiger partial charge < -0.3 is 10.1 Å². The van der Waals surface area contributed by atoms with Crippen LogP contribution in [0.2, 0.25) is 0 Å². The molecule has 0 aliphatic carbocycles. The summed E-state index contributed by atoms with van der Waals surface area (Å²) in [5.41, 5.74) is 0.917. The normalized spacial score (nSPS) is 20.5. The van der Waals surface area contributed by atoms with Gasteiger partial charge in [0.1, 0.15) is 5.82 Å². The molecule has 1 aliphatic heterocycles. The van der Waals surface area contributed by atoms with E-state index in [1.807, 2.05) is 24.4 Å². The third-order valence-electron chi connectivity index (χ3n) is 3.62. The summed E-state index contributed by atoms with van der Waals surface area (Å²) in [5.74, 6) is 1.02. The molecule has 1 saturated heterocycles. The highest BCUT2D eigenvalue weighted by molar-refractivity contribution is 5.36. The van der Waals surface area contributed by atoms with Gasteiger partial charge in [0.15, 0.2) is 5.65 Å². The minimum absolute atomic E-state index is 0.585. The Kier molecular flexibility index (Phi) is 4.05. The van der Waals surface area contributed by atoms with Crippen LogP contribution in [-0.4, -0.2) is 40.4 Å². The largest absolute Gasteiger partial charge is 0.381 e. The molecule has 0 aromatic carbocycles. The Labute approximate surface area is 113 Å². The van der Waals surface area contributed by atoms with Crippen LogP contribution in [0.5, 0.6) is 0 Å². The third-order valence-corrected chi connectivity index (χ3v) is 3.62. The number of hydrogen-bond acceptors (Lipinski definition) is 4. The number of aromatic nitrogens is 3. The van der Waals surface area contributed by atoms with Crippen molar-refractivity contribution in [1.82, 2.24) is 19.9 Å². The number of nitrogens with one attached hydrogen (secondary N) is 1. The summed E-state index contributed by atoms with van der Waals surface area (Å²) in [6.07, 6.45) is 6.40. The van der Waals surface area contributed by atoms with Crippen LogP contribution < -0.4 is 5.32 Å². The second kappa shape index (κ2) is 6.12. The highest BCUT2D eigenvalue weighted by Gasteiger charge is 2.12. The molecule has 0 spiro atoms. The Bertz CT molecular complexity index is 517. The van der Waals surface area contributed by atoms with Crippen molar-refractivity contribution in [3.8, 4) is 0 Å². The van der Waals surface area contributed by atoms with E-state index in [2.05, 4.69) is 19.9 Å². The lowest BCUT2D eigenvalue weighted by atomic mass is 10.1. The predicted molar refractivity (Wildman–Crippen MR) is 73.2 cm³/mol. The zero-order chi connectivity index (χ0) is 12.9. The molecule has 5 heteroatoms. The second-order valence-corrected chi connectivity index (χ2v) is 4.99. The van der Waals surface area contributed by atoms with Crippen molar-refractivity contribution in [2.24, 2.45) is 0 Å². The summed E-state index contributed by atoms with van der Waals surface area (Å²) in [4.78, 5) is 0. The smallest absolute Gasteiger partial charge is 0.160 e. The molecule has 0 radical (unpaired) electrons. The van der Waals surface area contributed by atoms with Gasteiger partial charge >= 0.3 is 0 Å². The predicted octanol–water partition coefficient (Wildman–Crippen LogP) is 1.43. The lowest BCUT2D eigenvalue weighted by Crippen LogP contribution is -2.31. The van der Waals surface area contributed by atoms with Crippen molar-refractivity contribution in [3.63, 3.8) is 0 Å². The maximum Gasteiger partial charge on any atom is 0.160 e. The first-order chi connectivity index (χ1) is 9.43. The van der Waals surface area contributed by atoms with Crippen LogP contribution >= 0.6 is 0 Å². The van der Waals surface area contributed by atoms with E-state index in [1.54, 1.807) is 0 Å². The zero-order valence-electron chi connectivity index (χ0n) is 11.1. The van der Waals surface area contributed by atoms with Gasteiger partial charge in [-0.2, -0.15) is 0 Å². The average Bonchev–Trinajstić information content (AvgIpc) is 2.68. The molecule has 19 heavy (non-hydrogen) atoms. The Morgan fingerprint density at radius 1 is 1.26 bits per heavy atom. The molecular formula is C14H20N4O. The van der Waals surface area contributed by atoms with Gasteiger partial charge in [-0.3, -0.25) is 4.40 Å². The van der Waals surface area contributed by atoms with Gasteiger partial charge in [0.2, 0.25) is 0 Å². The molecule has 102 valence electrons. The topological polar surface area (TPSA) is 51.5 Å². The lowest BCUT2D eigenvalue weighted by molar-refractivity contribution is 0.142. The number of fused-ring (bicyclic) bond motifs is 1. The number of nitrogens with zero attached hydrogens (tertiary/aromatic N) is 3. The van der Waals surface area contributed by atoms with Gasteiger partial charge in [-0.05, 0) is 31.4 Å². The fourth-order valence-electron chi connectivity index (χ4n) is 2.56. The summed E-state index contributed by atoms with van der Waals surface area (Å²) < 4.78 is 7.52. The van der Waals surface area contributed by atoms with Gasteiger partial charge in [0.25, 0.3) is 0 Å². The van der Waals surface area contributed by atoms with Gasteiger partial charge in [0.05, 0.1) is 0 Å². The summed E-state index contributed by atoms with van der Waals surface area (Å²) >= 11 is 0. The molecule has 1 atom stereocenters. The van der Waals surface area contributed by atoms with Crippen molar-refractivity contribution in [3.05, 3.63) is 30.2 Å². The Morgan fingerprint density at radius 3 is 3.26 bits per heavy atom. The minimum atomic E-state index is 0.585. The fourth-order valence-corrected chi connectivity index (χ4v) is 2.56. The van der Waals surface area contributed by atoms with Crippen molar-refractivity contribution >= 4 is 5.65 Å². The van der Waals surface area contributed by atoms with Crippen molar-refractivity contribution < 1.29 is 4.74 Å². The molecule has 3 rings (SSSR count). The number of hydrogen-bond donors (Lipinski definition) is 1. The van der Waals surface area contributed by atoms with Crippen LogP contribution in [0.1, 0.15) is 25.1 Å². The summed E-state index contributed by atoms with van der Waals surface area (Å²) in [7, 11) is 0. The molecule has 3 heterocycles. The number of rotatable bonds is 4. The fraction of sp³-hybridized carbons (Fsp3) is 0.571. The molecule has 1 aliphatic rings. The molecule has 2 aromatic rings. The van der Waals surface area contributed by atoms with E-state index in [9.17, 15) is 0 Å². The summed E-state index contributed by atoms with van der Waals surface area (Å²) in [5, 5.41) is 12.0. The maximum absolute atomic E-state index is 5.47. The molecular weight excluding hydrogens is 240 g/mol. The molecule has 1 N–H and O–H groups in total. The Balaban J connectivity index is 1.54. The van der Waals surface area contributed by atoms with Crippen molar-refractivity contribution in [2.45, 2.75) is 31.7 Å². The highest BCUT2D eigenvalue weighted by Crippen LogP contribution is 2.08. The Hall–Kier alpha value is -1.46. The third kappa shape index (κ3) is 3.11. The molecule has 5 nitrogen and oxygen atoms in total. The van der Waals surface area contributed by atoms with E-state index in [4.69, 9.17) is 4.74 Å².